The third kappa shape index (κ3) is 4.24. The molecule has 23 heavy (non-hydrogen) atoms. The van der Waals surface area contributed by atoms with Gasteiger partial charge in [-0.1, -0.05) is 24.3 Å². The third-order valence-corrected chi connectivity index (χ3v) is 2.87. The minimum atomic E-state index is -4.60. The quantitative estimate of drug-likeness (QED) is 0.448. The van der Waals surface area contributed by atoms with Crippen LogP contribution in [0.4, 0.5) is 37.7 Å². The number of nitrogens with zero attached hydrogens (tertiary/aromatic N) is 1. The predicted molar refractivity (Wildman–Crippen MR) is 74.7 cm³/mol. The van der Waals surface area contributed by atoms with Crippen LogP contribution in [0.15, 0.2) is 53.5 Å². The van der Waals surface area contributed by atoms with Gasteiger partial charge in [0.15, 0.2) is 0 Å². The molecule has 2 nitrogen and oxygen atoms in total. The second-order valence-electron chi connectivity index (χ2n) is 4.46. The molecule has 0 radical (unpaired) electrons. The first-order valence-electron chi connectivity index (χ1n) is 6.31. The SMILES string of the molecule is FC(F)(F)c1ccccc1N=CNc1ccccc1C(F)(F)F. The van der Waals surface area contributed by atoms with Crippen molar-refractivity contribution in [2.75, 3.05) is 5.32 Å². The Labute approximate surface area is 127 Å². The van der Waals surface area contributed by atoms with E-state index in [1.54, 1.807) is 0 Å². The lowest BCUT2D eigenvalue weighted by Crippen LogP contribution is -2.10. The summed E-state index contributed by atoms with van der Waals surface area (Å²) >= 11 is 0. The van der Waals surface area contributed by atoms with E-state index in [2.05, 4.69) is 10.3 Å². The minimum Gasteiger partial charge on any atom is -0.346 e. The summed E-state index contributed by atoms with van der Waals surface area (Å²) in [6.07, 6.45) is -8.38. The van der Waals surface area contributed by atoms with Gasteiger partial charge in [0, 0.05) is 0 Å². The number of aliphatic imine (C=N–C) groups is 1. The number of halogens is 6. The molecular formula is C15H10F6N2. The Bertz CT molecular complexity index is 704. The van der Waals surface area contributed by atoms with Crippen molar-refractivity contribution in [3.05, 3.63) is 59.7 Å². The Morgan fingerprint density at radius 1 is 0.739 bits per heavy atom. The fourth-order valence-electron chi connectivity index (χ4n) is 1.85. The first-order valence-corrected chi connectivity index (χ1v) is 6.31. The average Bonchev–Trinajstić information content (AvgIpc) is 2.46. The van der Waals surface area contributed by atoms with E-state index in [1.807, 2.05) is 0 Å². The fourth-order valence-corrected chi connectivity index (χ4v) is 1.85. The van der Waals surface area contributed by atoms with Crippen LogP contribution >= 0.6 is 0 Å². The molecule has 0 amide bonds. The molecule has 0 fully saturated rings. The van der Waals surface area contributed by atoms with Crippen LogP contribution in [0.25, 0.3) is 0 Å². The van der Waals surface area contributed by atoms with E-state index in [9.17, 15) is 26.3 Å². The molecule has 2 aromatic carbocycles. The maximum atomic E-state index is 12.8. The molecule has 1 N–H and O–H groups in total. The molecule has 8 heteroatoms. The molecule has 0 unspecified atom stereocenters. The summed E-state index contributed by atoms with van der Waals surface area (Å²) < 4.78 is 76.7. The highest BCUT2D eigenvalue weighted by atomic mass is 19.4. The summed E-state index contributed by atoms with van der Waals surface area (Å²) in [6, 6.07) is 9.12. The van der Waals surface area contributed by atoms with Crippen LogP contribution in [0.3, 0.4) is 0 Å². The molecule has 0 aliphatic rings. The van der Waals surface area contributed by atoms with E-state index in [1.165, 1.54) is 24.3 Å². The van der Waals surface area contributed by atoms with Crippen LogP contribution in [0.2, 0.25) is 0 Å². The molecular weight excluding hydrogens is 322 g/mol. The lowest BCUT2D eigenvalue weighted by atomic mass is 10.1. The molecule has 2 aromatic rings. The molecule has 0 aromatic heterocycles. The number of rotatable bonds is 3. The van der Waals surface area contributed by atoms with Crippen LogP contribution in [0.1, 0.15) is 11.1 Å². The predicted octanol–water partition coefficient (Wildman–Crippen LogP) is 5.50. The molecule has 0 bridgehead atoms. The van der Waals surface area contributed by atoms with Gasteiger partial charge >= 0.3 is 12.4 Å². The maximum Gasteiger partial charge on any atom is 0.418 e. The van der Waals surface area contributed by atoms with Crippen LogP contribution in [0.5, 0.6) is 0 Å². The van der Waals surface area contributed by atoms with Gasteiger partial charge in [-0.25, -0.2) is 4.99 Å². The van der Waals surface area contributed by atoms with E-state index in [0.29, 0.717) is 0 Å². The van der Waals surface area contributed by atoms with Gasteiger partial charge in [0.25, 0.3) is 0 Å². The van der Waals surface area contributed by atoms with Crippen LogP contribution < -0.4 is 5.32 Å². The summed E-state index contributed by atoms with van der Waals surface area (Å²) in [5.41, 5.74) is -2.59. The topological polar surface area (TPSA) is 24.4 Å². The molecule has 0 aliphatic carbocycles. The Morgan fingerprint density at radius 3 is 1.87 bits per heavy atom. The van der Waals surface area contributed by atoms with Gasteiger partial charge in [0.2, 0.25) is 0 Å². The number of alkyl halides is 6. The summed E-state index contributed by atoms with van der Waals surface area (Å²) in [5.74, 6) is 0. The Balaban J connectivity index is 2.25. The number of anilines is 1. The van der Waals surface area contributed by atoms with Gasteiger partial charge in [0.05, 0.1) is 28.8 Å². The number of para-hydroxylation sites is 2. The molecule has 0 heterocycles. The van der Waals surface area contributed by atoms with Crippen molar-refractivity contribution >= 4 is 17.7 Å². The van der Waals surface area contributed by atoms with Gasteiger partial charge in [-0.15, -0.1) is 0 Å². The number of benzene rings is 2. The summed E-state index contributed by atoms with van der Waals surface area (Å²) in [7, 11) is 0. The molecule has 0 atom stereocenters. The van der Waals surface area contributed by atoms with Crippen molar-refractivity contribution in [1.82, 2.24) is 0 Å². The smallest absolute Gasteiger partial charge is 0.346 e. The highest BCUT2D eigenvalue weighted by Crippen LogP contribution is 2.36. The molecule has 0 saturated heterocycles. The van der Waals surface area contributed by atoms with Crippen molar-refractivity contribution in [2.45, 2.75) is 12.4 Å². The zero-order valence-electron chi connectivity index (χ0n) is 11.4. The van der Waals surface area contributed by atoms with E-state index < -0.39 is 29.2 Å². The zero-order valence-corrected chi connectivity index (χ0v) is 11.4. The van der Waals surface area contributed by atoms with Gasteiger partial charge in [-0.2, -0.15) is 26.3 Å². The number of hydrogen-bond donors (Lipinski definition) is 1. The Morgan fingerprint density at radius 2 is 1.26 bits per heavy atom. The standard InChI is InChI=1S/C15H10F6N2/c16-14(17,18)10-5-1-3-7-12(10)22-9-23-13-8-4-2-6-11(13)15(19,20)21/h1-9H,(H,22,23). The normalized spacial score (nSPS) is 12.6. The lowest BCUT2D eigenvalue weighted by Gasteiger charge is -2.12. The third-order valence-electron chi connectivity index (χ3n) is 2.87. The van der Waals surface area contributed by atoms with Gasteiger partial charge in [0.1, 0.15) is 0 Å². The molecule has 0 saturated carbocycles. The fraction of sp³-hybridized carbons (Fsp3) is 0.133. The van der Waals surface area contributed by atoms with E-state index in [0.717, 1.165) is 30.6 Å². The largest absolute Gasteiger partial charge is 0.418 e. The molecule has 0 spiro atoms. The van der Waals surface area contributed by atoms with E-state index in [4.69, 9.17) is 0 Å². The molecule has 0 aliphatic heterocycles. The van der Waals surface area contributed by atoms with Crippen LogP contribution in [0, 0.1) is 0 Å². The van der Waals surface area contributed by atoms with Gasteiger partial charge in [-0.3, -0.25) is 0 Å². The van der Waals surface area contributed by atoms with Crippen LogP contribution in [-0.2, 0) is 12.4 Å². The highest BCUT2D eigenvalue weighted by molar-refractivity contribution is 5.80. The summed E-state index contributed by atoms with van der Waals surface area (Å²) in [5, 5.41) is 2.27. The van der Waals surface area contributed by atoms with Gasteiger partial charge < -0.3 is 5.32 Å². The average molecular weight is 332 g/mol. The van der Waals surface area contributed by atoms with Crippen molar-refractivity contribution < 1.29 is 26.3 Å². The first kappa shape index (κ1) is 16.9. The highest BCUT2D eigenvalue weighted by Gasteiger charge is 2.34. The molecule has 2 rings (SSSR count). The van der Waals surface area contributed by atoms with E-state index in [-0.39, 0.29) is 5.69 Å². The Hall–Kier alpha value is -2.51. The zero-order chi connectivity index (χ0) is 17.1. The lowest BCUT2D eigenvalue weighted by molar-refractivity contribution is -0.137. The van der Waals surface area contributed by atoms with Crippen LogP contribution in [-0.4, -0.2) is 6.34 Å². The summed E-state index contributed by atoms with van der Waals surface area (Å²) in [6.45, 7) is 0. The monoisotopic (exact) mass is 332 g/mol. The second-order valence-corrected chi connectivity index (χ2v) is 4.46. The first-order chi connectivity index (χ1) is 10.7. The molecule has 122 valence electrons. The minimum absolute atomic E-state index is 0.298. The van der Waals surface area contributed by atoms with E-state index >= 15 is 0 Å². The van der Waals surface area contributed by atoms with Crippen molar-refractivity contribution in [1.29, 1.82) is 0 Å². The van der Waals surface area contributed by atoms with Crippen molar-refractivity contribution in [2.24, 2.45) is 4.99 Å². The Kier molecular flexibility index (Phi) is 4.63. The van der Waals surface area contributed by atoms with Crippen molar-refractivity contribution in [3.8, 4) is 0 Å². The number of nitrogens with one attached hydrogen (secondary N) is 1. The number of hydrogen-bond acceptors (Lipinski definition) is 1. The second kappa shape index (κ2) is 6.31. The van der Waals surface area contributed by atoms with Gasteiger partial charge in [-0.05, 0) is 24.3 Å². The van der Waals surface area contributed by atoms with Crippen molar-refractivity contribution in [3.63, 3.8) is 0 Å². The maximum absolute atomic E-state index is 12.8. The summed E-state index contributed by atoms with van der Waals surface area (Å²) in [4.78, 5) is 3.57.